The summed E-state index contributed by atoms with van der Waals surface area (Å²) in [4.78, 5) is 89.3. The van der Waals surface area contributed by atoms with Crippen LogP contribution in [0.5, 0.6) is 0 Å². The lowest BCUT2D eigenvalue weighted by Crippen LogP contribution is -2.49. The highest BCUT2D eigenvalue weighted by molar-refractivity contribution is 9.09. The molecule has 0 atom stereocenters. The number of aryl methyl sites for hydroxylation is 3. The summed E-state index contributed by atoms with van der Waals surface area (Å²) in [6.45, 7) is 36.3. The SMILES string of the molecule is BrCCCCBr.CCN1CCN(CCCn2cnc3c(N4CCN(C(=O)c5ccccc5)CC4)nc(N4CCCC4)nc32)CC1.CCN1CCN(CCCn2cnc3c(N4CCN(C(=O)c5ccccc5)CC4)nc(NCc4ccc(N(CC)CC)cc4)nc32)CC1.Cc1ccc(C=O)cc1. The predicted octanol–water partition coefficient (Wildman–Crippen LogP) is 11.1. The Hall–Kier alpha value is -7.61. The minimum absolute atomic E-state index is 0.0767. The standard InChI is InChI=1S/C36H50N10O.C29H41N9O.C8H8O.C4H8Br2/c1-4-41-19-21-42(22-20-41)17-10-18-46-28-38-32-33(44-23-25-45(26-24-44)35(47)30-11-8-7-9-12-30)39-36(40-34(32)46)37-27-29-13-15-31(16-14-29)43(5-2)6-3;1-2-33-15-17-34(18-16-33)11-8-14-38-23-30-25-26(31-29(32-27(25)38)37-12-6-7-13-37)35-19-21-36(22-20-35)28(39)24-9-4-3-5-10-24;1-7-2-4-8(6-9)5-3-7;5-3-1-2-4-6/h7-9,11-16,28H,4-6,10,17-27H2,1-3H3,(H,37,39,40);3-5,9-10,23H,2,6-8,11-22H2,1H3;2-6H,1H3;1-4H2. The van der Waals surface area contributed by atoms with Crippen molar-refractivity contribution in [1.29, 1.82) is 0 Å². The number of carbonyl (C=O) groups excluding carboxylic acids is 3. The summed E-state index contributed by atoms with van der Waals surface area (Å²) < 4.78 is 4.40. The van der Waals surface area contributed by atoms with Crippen molar-refractivity contribution in [3.8, 4) is 0 Å². The molecule has 22 nitrogen and oxygen atoms in total. The van der Waals surface area contributed by atoms with E-state index >= 15 is 0 Å². The van der Waals surface area contributed by atoms with Gasteiger partial charge in [-0.25, -0.2) is 9.97 Å². The number of anilines is 5. The summed E-state index contributed by atoms with van der Waals surface area (Å²) >= 11 is 6.66. The molecule has 0 saturated carbocycles. The number of hydrogen-bond donors (Lipinski definition) is 1. The van der Waals surface area contributed by atoms with Crippen LogP contribution >= 0.6 is 31.9 Å². The van der Waals surface area contributed by atoms with E-state index < -0.39 is 0 Å². The molecule has 0 aliphatic carbocycles. The van der Waals surface area contributed by atoms with Crippen LogP contribution in [0, 0.1) is 6.92 Å². The Morgan fingerprint density at radius 1 is 0.485 bits per heavy atom. The number of nitrogens with zero attached hydrogens (tertiary/aromatic N) is 18. The Bertz CT molecular complexity index is 3760. The summed E-state index contributed by atoms with van der Waals surface area (Å²) in [5, 5.41) is 5.79. The maximum atomic E-state index is 13.1. The molecule has 0 radical (unpaired) electrons. The van der Waals surface area contributed by atoms with E-state index in [0.29, 0.717) is 51.8 Å². The third kappa shape index (κ3) is 21.5. The Morgan fingerprint density at radius 3 is 1.39 bits per heavy atom. The summed E-state index contributed by atoms with van der Waals surface area (Å²) in [5.41, 5.74) is 9.28. The molecule has 2 amide bonds. The fraction of sp³-hybridized carbons (Fsp3) is 0.519. The van der Waals surface area contributed by atoms with Gasteiger partial charge in [0, 0.05) is 184 Å². The summed E-state index contributed by atoms with van der Waals surface area (Å²) in [6, 6.07) is 35.3. The first-order valence-corrected chi connectivity index (χ1v) is 39.2. The van der Waals surface area contributed by atoms with Crippen LogP contribution in [0.15, 0.2) is 122 Å². The molecule has 8 aromatic rings. The van der Waals surface area contributed by atoms with Gasteiger partial charge in [-0.05, 0) is 127 Å². The molecule has 542 valence electrons. The Kier molecular flexibility index (Phi) is 29.9. The first kappa shape index (κ1) is 76.0. The number of amides is 2. The molecule has 4 aromatic heterocycles. The molecule has 101 heavy (non-hydrogen) atoms. The summed E-state index contributed by atoms with van der Waals surface area (Å²) in [7, 11) is 0. The number of carbonyl (C=O) groups is 3. The fourth-order valence-corrected chi connectivity index (χ4v) is 14.3. The lowest BCUT2D eigenvalue weighted by atomic mass is 10.2. The van der Waals surface area contributed by atoms with Gasteiger partial charge in [-0.1, -0.05) is 124 Å². The molecule has 0 spiro atoms. The third-order valence-corrected chi connectivity index (χ3v) is 21.0. The molecule has 13 rings (SSSR count). The van der Waals surface area contributed by atoms with Gasteiger partial charge in [-0.3, -0.25) is 14.4 Å². The molecule has 0 bridgehead atoms. The van der Waals surface area contributed by atoms with Crippen molar-refractivity contribution in [3.63, 3.8) is 0 Å². The maximum absolute atomic E-state index is 13.1. The van der Waals surface area contributed by atoms with Gasteiger partial charge in [0.15, 0.2) is 34.0 Å². The molecule has 4 aromatic carbocycles. The highest BCUT2D eigenvalue weighted by Crippen LogP contribution is 2.30. The number of piperazine rings is 4. The number of rotatable bonds is 25. The minimum atomic E-state index is 0.0767. The molecular weight excluding hydrogens is 1400 g/mol. The highest BCUT2D eigenvalue weighted by Gasteiger charge is 2.30. The van der Waals surface area contributed by atoms with E-state index in [0.717, 1.165) is 204 Å². The van der Waals surface area contributed by atoms with Crippen molar-refractivity contribution >= 4 is 102 Å². The van der Waals surface area contributed by atoms with Crippen molar-refractivity contribution < 1.29 is 14.4 Å². The number of hydrogen-bond acceptors (Lipinski definition) is 18. The molecule has 5 aliphatic rings. The number of unbranched alkanes of at least 4 members (excludes halogenated alkanes) is 1. The smallest absolute Gasteiger partial charge is 0.253 e. The monoisotopic (exact) mass is 1500 g/mol. The van der Waals surface area contributed by atoms with Gasteiger partial charge in [0.2, 0.25) is 11.9 Å². The van der Waals surface area contributed by atoms with Crippen LogP contribution in [0.3, 0.4) is 0 Å². The van der Waals surface area contributed by atoms with Gasteiger partial charge >= 0.3 is 0 Å². The Labute approximate surface area is 615 Å². The largest absolute Gasteiger partial charge is 0.372 e. The van der Waals surface area contributed by atoms with Crippen LogP contribution in [-0.2, 0) is 19.6 Å². The zero-order valence-corrected chi connectivity index (χ0v) is 63.6. The van der Waals surface area contributed by atoms with Gasteiger partial charge in [-0.2, -0.15) is 19.9 Å². The van der Waals surface area contributed by atoms with Crippen LogP contribution in [0.4, 0.5) is 29.2 Å². The van der Waals surface area contributed by atoms with Gasteiger partial charge in [0.1, 0.15) is 6.29 Å². The number of imidazole rings is 2. The fourth-order valence-electron chi connectivity index (χ4n) is 13.5. The van der Waals surface area contributed by atoms with Gasteiger partial charge < -0.3 is 63.5 Å². The van der Waals surface area contributed by atoms with E-state index in [9.17, 15) is 14.4 Å². The minimum Gasteiger partial charge on any atom is -0.372 e. The summed E-state index contributed by atoms with van der Waals surface area (Å²) in [6.07, 6.45) is 11.8. The van der Waals surface area contributed by atoms with Crippen LogP contribution in [0.1, 0.15) is 108 Å². The van der Waals surface area contributed by atoms with Crippen molar-refractivity contribution in [2.45, 2.75) is 92.8 Å². The highest BCUT2D eigenvalue weighted by atomic mass is 79.9. The van der Waals surface area contributed by atoms with E-state index in [2.05, 4.69) is 137 Å². The molecule has 24 heteroatoms. The van der Waals surface area contributed by atoms with Gasteiger partial charge in [0.05, 0.1) is 12.7 Å². The van der Waals surface area contributed by atoms with Crippen molar-refractivity contribution in [2.24, 2.45) is 0 Å². The van der Waals surface area contributed by atoms with Crippen LogP contribution in [0.25, 0.3) is 22.3 Å². The molecule has 5 saturated heterocycles. The van der Waals surface area contributed by atoms with E-state index in [1.54, 1.807) is 0 Å². The molecule has 1 N–H and O–H groups in total. The number of nitrogens with one attached hydrogen (secondary N) is 1. The second-order valence-electron chi connectivity index (χ2n) is 26.5. The van der Waals surface area contributed by atoms with Gasteiger partial charge in [0.25, 0.3) is 11.8 Å². The topological polar surface area (TPSA) is 183 Å². The first-order chi connectivity index (χ1) is 49.5. The second-order valence-corrected chi connectivity index (χ2v) is 28.1. The Morgan fingerprint density at radius 2 is 0.941 bits per heavy atom. The zero-order chi connectivity index (χ0) is 70.7. The number of likely N-dealkylation sites (N-methyl/N-ethyl adjacent to an activating group) is 2. The van der Waals surface area contributed by atoms with Crippen molar-refractivity contribution in [3.05, 3.63) is 150 Å². The average molecular weight is 1510 g/mol. The molecular formula is C77H107Br2N19O3. The molecule has 0 unspecified atom stereocenters. The number of aromatic nitrogens is 8. The van der Waals surface area contributed by atoms with E-state index in [1.807, 2.05) is 114 Å². The van der Waals surface area contributed by atoms with Gasteiger partial charge in [-0.15, -0.1) is 0 Å². The van der Waals surface area contributed by atoms with Crippen molar-refractivity contribution in [2.75, 3.05) is 193 Å². The molecule has 5 aliphatic heterocycles. The quantitative estimate of drug-likeness (QED) is 0.0324. The first-order valence-electron chi connectivity index (χ1n) is 37.0. The lowest BCUT2D eigenvalue weighted by molar-refractivity contribution is 0.0739. The number of alkyl halides is 2. The number of aldehydes is 1. The van der Waals surface area contributed by atoms with Crippen molar-refractivity contribution in [1.82, 2.24) is 68.4 Å². The van der Waals surface area contributed by atoms with E-state index in [-0.39, 0.29) is 11.8 Å². The summed E-state index contributed by atoms with van der Waals surface area (Å²) in [5.74, 6) is 3.32. The Balaban J connectivity index is 0.000000182. The van der Waals surface area contributed by atoms with E-state index in [4.69, 9.17) is 29.9 Å². The van der Waals surface area contributed by atoms with Crippen LogP contribution < -0.4 is 24.9 Å². The number of benzene rings is 4. The third-order valence-electron chi connectivity index (χ3n) is 19.9. The normalized spacial score (nSPS) is 16.3. The predicted molar refractivity (Wildman–Crippen MR) is 418 cm³/mol. The molecule has 9 heterocycles. The lowest BCUT2D eigenvalue weighted by Gasteiger charge is -2.35. The maximum Gasteiger partial charge on any atom is 0.253 e. The molecule has 5 fully saturated rings. The zero-order valence-electron chi connectivity index (χ0n) is 60.4. The number of halogens is 2. The average Bonchev–Trinajstić information content (AvgIpc) is 1.68. The van der Waals surface area contributed by atoms with Crippen LogP contribution in [0.2, 0.25) is 0 Å². The number of fused-ring (bicyclic) bond motifs is 2. The van der Waals surface area contributed by atoms with E-state index in [1.165, 1.54) is 55.6 Å². The second kappa shape index (κ2) is 39.7. The van der Waals surface area contributed by atoms with Crippen LogP contribution in [-0.4, -0.2) is 254 Å².